The molecule has 2 aromatic carbocycles. The van der Waals surface area contributed by atoms with Crippen LogP contribution >= 0.6 is 0 Å². The molecule has 0 bridgehead atoms. The van der Waals surface area contributed by atoms with Crippen LogP contribution in [-0.4, -0.2) is 10.1 Å². The predicted molar refractivity (Wildman–Crippen MR) is 95.9 cm³/mol. The predicted octanol–water partition coefficient (Wildman–Crippen LogP) is 5.48. The molecule has 0 radical (unpaired) electrons. The van der Waals surface area contributed by atoms with E-state index >= 15 is 0 Å². The molecule has 1 aromatic heterocycles. The van der Waals surface area contributed by atoms with Gasteiger partial charge in [0.25, 0.3) is 0 Å². The van der Waals surface area contributed by atoms with E-state index in [0.717, 1.165) is 17.7 Å². The number of aryl methyl sites for hydroxylation is 1. The average Bonchev–Trinajstić information content (AvgIpc) is 3.12. The first-order valence-electron chi connectivity index (χ1n) is 8.58. The number of hydrogen-bond donors (Lipinski definition) is 1. The molecule has 1 heterocycles. The number of nitrogens with zero attached hydrogens (tertiary/aromatic N) is 2. The number of alkyl halides is 3. The van der Waals surface area contributed by atoms with Crippen molar-refractivity contribution in [2.45, 2.75) is 39.0 Å². The van der Waals surface area contributed by atoms with Crippen molar-refractivity contribution in [2.24, 2.45) is 0 Å². The number of nitrogens with one attached hydrogen (secondary N) is 1. The smallest absolute Gasteiger partial charge is 0.337 e. The Kier molecular flexibility index (Phi) is 5.32. The monoisotopic (exact) mass is 375 g/mol. The van der Waals surface area contributed by atoms with Gasteiger partial charge in [0, 0.05) is 11.6 Å². The Morgan fingerprint density at radius 3 is 2.44 bits per heavy atom. The second kappa shape index (κ2) is 7.52. The van der Waals surface area contributed by atoms with Crippen LogP contribution in [0.15, 0.2) is 53.1 Å². The van der Waals surface area contributed by atoms with E-state index in [9.17, 15) is 13.2 Å². The molecule has 2 atom stereocenters. The molecule has 3 aromatic rings. The molecule has 2 unspecified atom stereocenters. The van der Waals surface area contributed by atoms with E-state index < -0.39 is 11.7 Å². The highest BCUT2D eigenvalue weighted by molar-refractivity contribution is 5.55. The highest BCUT2D eigenvalue weighted by Crippen LogP contribution is 2.31. The van der Waals surface area contributed by atoms with Gasteiger partial charge in [-0.05, 0) is 44.0 Å². The molecule has 3 rings (SSSR count). The van der Waals surface area contributed by atoms with E-state index in [-0.39, 0.29) is 23.5 Å². The Balaban J connectivity index is 1.77. The molecular weight excluding hydrogens is 355 g/mol. The Morgan fingerprint density at radius 2 is 1.74 bits per heavy atom. The van der Waals surface area contributed by atoms with E-state index in [1.54, 1.807) is 0 Å². The Labute approximate surface area is 155 Å². The lowest BCUT2D eigenvalue weighted by atomic mass is 10.0. The van der Waals surface area contributed by atoms with E-state index in [2.05, 4.69) is 15.5 Å². The number of aromatic nitrogens is 2. The summed E-state index contributed by atoms with van der Waals surface area (Å²) in [6.45, 7) is 5.94. The summed E-state index contributed by atoms with van der Waals surface area (Å²) < 4.78 is 43.9. The minimum atomic E-state index is -4.42. The summed E-state index contributed by atoms with van der Waals surface area (Å²) in [5.41, 5.74) is 1.84. The van der Waals surface area contributed by atoms with Gasteiger partial charge in [-0.1, -0.05) is 41.6 Å². The molecule has 0 aliphatic carbocycles. The topological polar surface area (TPSA) is 51.0 Å². The molecule has 0 spiro atoms. The van der Waals surface area contributed by atoms with Gasteiger partial charge in [-0.25, -0.2) is 0 Å². The minimum Gasteiger partial charge on any atom is -0.337 e. The van der Waals surface area contributed by atoms with Crippen LogP contribution in [0.2, 0.25) is 0 Å². The molecule has 0 saturated heterocycles. The van der Waals surface area contributed by atoms with Crippen LogP contribution in [0, 0.1) is 6.92 Å². The third-order valence-electron chi connectivity index (χ3n) is 4.42. The van der Waals surface area contributed by atoms with Crippen molar-refractivity contribution in [2.75, 3.05) is 0 Å². The van der Waals surface area contributed by atoms with Gasteiger partial charge < -0.3 is 4.52 Å². The Bertz CT molecular complexity index is 921. The van der Waals surface area contributed by atoms with Crippen LogP contribution in [0.3, 0.4) is 0 Å². The number of benzene rings is 2. The van der Waals surface area contributed by atoms with Crippen molar-refractivity contribution < 1.29 is 17.7 Å². The highest BCUT2D eigenvalue weighted by Gasteiger charge is 2.31. The first-order valence-corrected chi connectivity index (χ1v) is 8.58. The molecule has 142 valence electrons. The summed E-state index contributed by atoms with van der Waals surface area (Å²) in [4.78, 5) is 4.27. The zero-order valence-electron chi connectivity index (χ0n) is 15.2. The number of rotatable bonds is 5. The number of halogens is 3. The van der Waals surface area contributed by atoms with Gasteiger partial charge in [0.1, 0.15) is 0 Å². The highest BCUT2D eigenvalue weighted by atomic mass is 19.4. The van der Waals surface area contributed by atoms with Gasteiger partial charge in [0.15, 0.2) is 0 Å². The van der Waals surface area contributed by atoms with Gasteiger partial charge in [0.05, 0.1) is 11.6 Å². The van der Waals surface area contributed by atoms with Crippen LogP contribution < -0.4 is 5.32 Å². The van der Waals surface area contributed by atoms with Crippen LogP contribution in [0.1, 0.15) is 48.5 Å². The largest absolute Gasteiger partial charge is 0.416 e. The SMILES string of the molecule is Cc1ccccc1C(C)NC(C)c1nc(-c2cccc(C(F)(F)F)c2)no1. The van der Waals surface area contributed by atoms with Crippen LogP contribution in [0.25, 0.3) is 11.4 Å². The lowest BCUT2D eigenvalue weighted by molar-refractivity contribution is -0.137. The van der Waals surface area contributed by atoms with Crippen molar-refractivity contribution >= 4 is 0 Å². The lowest BCUT2D eigenvalue weighted by Crippen LogP contribution is -2.23. The summed E-state index contributed by atoms with van der Waals surface area (Å²) in [6.07, 6.45) is -4.42. The summed E-state index contributed by atoms with van der Waals surface area (Å²) >= 11 is 0. The van der Waals surface area contributed by atoms with Gasteiger partial charge in [-0.2, -0.15) is 18.2 Å². The van der Waals surface area contributed by atoms with Crippen molar-refractivity contribution in [3.63, 3.8) is 0 Å². The average molecular weight is 375 g/mol. The maximum Gasteiger partial charge on any atom is 0.416 e. The van der Waals surface area contributed by atoms with Gasteiger partial charge in [-0.3, -0.25) is 5.32 Å². The molecule has 0 aliphatic heterocycles. The molecule has 7 heteroatoms. The zero-order valence-corrected chi connectivity index (χ0v) is 15.2. The first-order chi connectivity index (χ1) is 12.8. The van der Waals surface area contributed by atoms with Crippen LogP contribution in [-0.2, 0) is 6.18 Å². The van der Waals surface area contributed by atoms with Crippen molar-refractivity contribution in [3.05, 3.63) is 71.1 Å². The van der Waals surface area contributed by atoms with Crippen LogP contribution in [0.4, 0.5) is 13.2 Å². The minimum absolute atomic E-state index is 0.0464. The second-order valence-corrected chi connectivity index (χ2v) is 6.50. The molecule has 1 N–H and O–H groups in total. The summed E-state index contributed by atoms with van der Waals surface area (Å²) in [5, 5.41) is 7.21. The maximum atomic E-state index is 12.9. The maximum absolute atomic E-state index is 12.9. The fraction of sp³-hybridized carbons (Fsp3) is 0.300. The Hall–Kier alpha value is -2.67. The van der Waals surface area contributed by atoms with Crippen molar-refractivity contribution in [1.29, 1.82) is 0 Å². The molecule has 0 fully saturated rings. The summed E-state index contributed by atoms with van der Waals surface area (Å²) in [7, 11) is 0. The van der Waals surface area contributed by atoms with Gasteiger partial charge in [0.2, 0.25) is 11.7 Å². The molecule has 0 amide bonds. The molecule has 0 aliphatic rings. The third-order valence-corrected chi connectivity index (χ3v) is 4.42. The fourth-order valence-corrected chi connectivity index (χ4v) is 2.97. The standard InChI is InChI=1S/C20H20F3N3O/c1-12-7-4-5-10-17(12)13(2)24-14(3)19-25-18(26-27-19)15-8-6-9-16(11-15)20(21,22)23/h4-11,13-14,24H,1-3H3. The Morgan fingerprint density at radius 1 is 1.00 bits per heavy atom. The van der Waals surface area contributed by atoms with Crippen molar-refractivity contribution in [1.82, 2.24) is 15.5 Å². The van der Waals surface area contributed by atoms with E-state index in [0.29, 0.717) is 5.89 Å². The molecule has 4 nitrogen and oxygen atoms in total. The normalized spacial score (nSPS) is 14.1. The number of hydrogen-bond acceptors (Lipinski definition) is 4. The summed E-state index contributed by atoms with van der Waals surface area (Å²) in [5.74, 6) is 0.455. The van der Waals surface area contributed by atoms with E-state index in [4.69, 9.17) is 4.52 Å². The summed E-state index contributed by atoms with van der Waals surface area (Å²) in [6, 6.07) is 12.7. The lowest BCUT2D eigenvalue weighted by Gasteiger charge is -2.19. The quantitative estimate of drug-likeness (QED) is 0.642. The molecule has 27 heavy (non-hydrogen) atoms. The van der Waals surface area contributed by atoms with Gasteiger partial charge >= 0.3 is 6.18 Å². The zero-order chi connectivity index (χ0) is 19.6. The molecule has 0 saturated carbocycles. The fourth-order valence-electron chi connectivity index (χ4n) is 2.97. The van der Waals surface area contributed by atoms with E-state index in [1.165, 1.54) is 17.7 Å². The van der Waals surface area contributed by atoms with Crippen LogP contribution in [0.5, 0.6) is 0 Å². The molecular formula is C20H20F3N3O. The second-order valence-electron chi connectivity index (χ2n) is 6.50. The van der Waals surface area contributed by atoms with Crippen molar-refractivity contribution in [3.8, 4) is 11.4 Å². The third kappa shape index (κ3) is 4.36. The first kappa shape index (κ1) is 19.1. The van der Waals surface area contributed by atoms with Gasteiger partial charge in [-0.15, -0.1) is 0 Å². The van der Waals surface area contributed by atoms with E-state index in [1.807, 2.05) is 45.0 Å².